The molecule has 63 valence electrons. The molecule has 1 saturated carbocycles. The molecular formula is C10H9F2. The Morgan fingerprint density at radius 2 is 1.83 bits per heavy atom. The van der Waals surface area contributed by atoms with E-state index in [1.807, 2.05) is 0 Å². The van der Waals surface area contributed by atoms with Gasteiger partial charge in [-0.2, -0.15) is 0 Å². The van der Waals surface area contributed by atoms with Crippen LogP contribution in [-0.4, -0.2) is 0 Å². The van der Waals surface area contributed by atoms with Crippen molar-refractivity contribution < 1.29 is 8.78 Å². The smallest absolute Gasteiger partial charge is 0.127 e. The first kappa shape index (κ1) is 7.71. The zero-order valence-electron chi connectivity index (χ0n) is 6.61. The summed E-state index contributed by atoms with van der Waals surface area (Å²) in [6.07, 6.45) is 2.94. The van der Waals surface area contributed by atoms with Crippen LogP contribution in [-0.2, 0) is 0 Å². The SMILES string of the molecule is Fc1ccc(F)c([C]2CCC2)c1. The Hall–Kier alpha value is -0.920. The molecule has 0 heterocycles. The average molecular weight is 167 g/mol. The Morgan fingerprint density at radius 3 is 2.42 bits per heavy atom. The van der Waals surface area contributed by atoms with Crippen LogP contribution in [0.3, 0.4) is 0 Å². The van der Waals surface area contributed by atoms with Gasteiger partial charge in [-0.15, -0.1) is 0 Å². The van der Waals surface area contributed by atoms with Gasteiger partial charge in [-0.05, 0) is 36.6 Å². The molecule has 1 fully saturated rings. The van der Waals surface area contributed by atoms with Gasteiger partial charge in [0.05, 0.1) is 0 Å². The molecule has 12 heavy (non-hydrogen) atoms. The maximum Gasteiger partial charge on any atom is 0.127 e. The van der Waals surface area contributed by atoms with Crippen molar-refractivity contribution in [3.8, 4) is 0 Å². The minimum atomic E-state index is -0.356. The van der Waals surface area contributed by atoms with Crippen molar-refractivity contribution in [1.29, 1.82) is 0 Å². The van der Waals surface area contributed by atoms with Crippen LogP contribution in [0, 0.1) is 17.6 Å². The fourth-order valence-electron chi connectivity index (χ4n) is 1.39. The molecular weight excluding hydrogens is 158 g/mol. The summed E-state index contributed by atoms with van der Waals surface area (Å²) < 4.78 is 25.7. The second-order valence-electron chi connectivity index (χ2n) is 3.08. The molecule has 0 bridgehead atoms. The Morgan fingerprint density at radius 1 is 1.08 bits per heavy atom. The summed E-state index contributed by atoms with van der Waals surface area (Å²) in [5.41, 5.74) is 0.473. The first-order chi connectivity index (χ1) is 5.77. The van der Waals surface area contributed by atoms with Gasteiger partial charge < -0.3 is 0 Å². The first-order valence-electron chi connectivity index (χ1n) is 4.07. The molecule has 1 radical (unpaired) electrons. The van der Waals surface area contributed by atoms with Crippen LogP contribution in [0.1, 0.15) is 24.8 Å². The van der Waals surface area contributed by atoms with Gasteiger partial charge >= 0.3 is 0 Å². The molecule has 0 aliphatic heterocycles. The largest absolute Gasteiger partial charge is 0.207 e. The third-order valence-corrected chi connectivity index (χ3v) is 2.27. The van der Waals surface area contributed by atoms with Crippen molar-refractivity contribution >= 4 is 0 Å². The molecule has 1 aliphatic carbocycles. The van der Waals surface area contributed by atoms with Crippen molar-refractivity contribution in [2.75, 3.05) is 0 Å². The summed E-state index contributed by atoms with van der Waals surface area (Å²) in [4.78, 5) is 0. The minimum absolute atomic E-state index is 0.300. The molecule has 0 saturated heterocycles. The number of halogens is 2. The summed E-state index contributed by atoms with van der Waals surface area (Å²) in [6.45, 7) is 0. The van der Waals surface area contributed by atoms with Gasteiger partial charge in [-0.3, -0.25) is 0 Å². The standard InChI is InChI=1S/C10H9F2/c11-8-4-5-10(12)9(6-8)7-2-1-3-7/h4-6H,1-3H2. The van der Waals surface area contributed by atoms with Gasteiger partial charge in [0.1, 0.15) is 11.6 Å². The molecule has 0 unspecified atom stereocenters. The van der Waals surface area contributed by atoms with E-state index in [0.29, 0.717) is 5.56 Å². The Kier molecular flexibility index (Phi) is 1.83. The normalized spacial score (nSPS) is 17.5. The zero-order chi connectivity index (χ0) is 8.55. The highest BCUT2D eigenvalue weighted by Crippen LogP contribution is 2.36. The lowest BCUT2D eigenvalue weighted by atomic mass is 9.80. The summed E-state index contributed by atoms with van der Waals surface area (Å²) in [5.74, 6) is 0.393. The van der Waals surface area contributed by atoms with Gasteiger partial charge in [0.2, 0.25) is 0 Å². The lowest BCUT2D eigenvalue weighted by Crippen LogP contribution is -2.11. The third kappa shape index (κ3) is 1.22. The topological polar surface area (TPSA) is 0 Å². The Bertz CT molecular complexity index is 290. The van der Waals surface area contributed by atoms with E-state index in [2.05, 4.69) is 0 Å². The van der Waals surface area contributed by atoms with Crippen LogP contribution in [0.25, 0.3) is 0 Å². The second-order valence-corrected chi connectivity index (χ2v) is 3.08. The molecule has 0 amide bonds. The molecule has 2 heteroatoms. The number of rotatable bonds is 1. The van der Waals surface area contributed by atoms with E-state index in [0.717, 1.165) is 31.2 Å². The van der Waals surface area contributed by atoms with Crippen molar-refractivity contribution in [2.24, 2.45) is 0 Å². The van der Waals surface area contributed by atoms with Crippen LogP contribution < -0.4 is 0 Å². The van der Waals surface area contributed by atoms with Gasteiger partial charge in [0.25, 0.3) is 0 Å². The fourth-order valence-corrected chi connectivity index (χ4v) is 1.39. The van der Waals surface area contributed by atoms with Crippen LogP contribution in [0.5, 0.6) is 0 Å². The second kappa shape index (κ2) is 2.85. The van der Waals surface area contributed by atoms with Crippen LogP contribution in [0.2, 0.25) is 0 Å². The van der Waals surface area contributed by atoms with Crippen molar-refractivity contribution in [3.63, 3.8) is 0 Å². The van der Waals surface area contributed by atoms with Crippen LogP contribution in [0.15, 0.2) is 18.2 Å². The van der Waals surface area contributed by atoms with E-state index in [1.54, 1.807) is 0 Å². The van der Waals surface area contributed by atoms with Crippen LogP contribution >= 0.6 is 0 Å². The van der Waals surface area contributed by atoms with E-state index in [9.17, 15) is 8.78 Å². The van der Waals surface area contributed by atoms with Crippen molar-refractivity contribution in [3.05, 3.63) is 41.3 Å². The van der Waals surface area contributed by atoms with Gasteiger partial charge in [-0.1, -0.05) is 6.42 Å². The predicted octanol–water partition coefficient (Wildman–Crippen LogP) is 3.07. The molecule has 0 aromatic heterocycles. The third-order valence-electron chi connectivity index (χ3n) is 2.27. The van der Waals surface area contributed by atoms with E-state index in [-0.39, 0.29) is 11.6 Å². The Labute approximate surface area is 70.2 Å². The van der Waals surface area contributed by atoms with E-state index < -0.39 is 0 Å². The van der Waals surface area contributed by atoms with Gasteiger partial charge in [0.15, 0.2) is 0 Å². The minimum Gasteiger partial charge on any atom is -0.207 e. The molecule has 1 aliphatic rings. The fraction of sp³-hybridized carbons (Fsp3) is 0.300. The molecule has 2 rings (SSSR count). The summed E-state index contributed by atoms with van der Waals surface area (Å²) in [7, 11) is 0. The van der Waals surface area contributed by atoms with E-state index >= 15 is 0 Å². The van der Waals surface area contributed by atoms with Crippen molar-refractivity contribution in [2.45, 2.75) is 19.3 Å². The van der Waals surface area contributed by atoms with Crippen LogP contribution in [0.4, 0.5) is 8.78 Å². The maximum atomic E-state index is 13.1. The van der Waals surface area contributed by atoms with Gasteiger partial charge in [-0.25, -0.2) is 8.78 Å². The predicted molar refractivity (Wildman–Crippen MR) is 42.6 cm³/mol. The molecule has 0 spiro atoms. The summed E-state index contributed by atoms with van der Waals surface area (Å²) in [6, 6.07) is 3.62. The molecule has 1 aromatic rings. The number of hydrogen-bond donors (Lipinski definition) is 0. The highest BCUT2D eigenvalue weighted by Gasteiger charge is 2.23. The summed E-state index contributed by atoms with van der Waals surface area (Å²) in [5, 5.41) is 0. The zero-order valence-corrected chi connectivity index (χ0v) is 6.61. The van der Waals surface area contributed by atoms with E-state index in [1.165, 1.54) is 12.1 Å². The molecule has 0 N–H and O–H groups in total. The molecule has 0 nitrogen and oxygen atoms in total. The number of benzene rings is 1. The number of hydrogen-bond acceptors (Lipinski definition) is 0. The Balaban J connectivity index is 2.34. The quantitative estimate of drug-likeness (QED) is 0.603. The van der Waals surface area contributed by atoms with Gasteiger partial charge in [0, 0.05) is 5.92 Å². The highest BCUT2D eigenvalue weighted by atomic mass is 19.1. The maximum absolute atomic E-state index is 13.1. The molecule has 0 atom stereocenters. The first-order valence-corrected chi connectivity index (χ1v) is 4.07. The van der Waals surface area contributed by atoms with Crippen molar-refractivity contribution in [1.82, 2.24) is 0 Å². The lowest BCUT2D eigenvalue weighted by molar-refractivity contribution is 0.533. The highest BCUT2D eigenvalue weighted by molar-refractivity contribution is 5.34. The van der Waals surface area contributed by atoms with E-state index in [4.69, 9.17) is 0 Å². The monoisotopic (exact) mass is 167 g/mol. The molecule has 1 aromatic carbocycles. The summed E-state index contributed by atoms with van der Waals surface area (Å²) >= 11 is 0. The lowest BCUT2D eigenvalue weighted by Gasteiger charge is -2.25. The average Bonchev–Trinajstić information content (AvgIpc) is 1.93.